The highest BCUT2D eigenvalue weighted by Crippen LogP contribution is 2.32. The van der Waals surface area contributed by atoms with E-state index in [1.54, 1.807) is 0 Å². The minimum atomic E-state index is 0.674. The molecular formula is C9H15BrN4S2. The molecule has 2 N–H and O–H groups in total. The van der Waals surface area contributed by atoms with E-state index < -0.39 is 0 Å². The molecule has 0 aliphatic rings. The van der Waals surface area contributed by atoms with Crippen molar-refractivity contribution in [2.45, 2.75) is 6.92 Å². The van der Waals surface area contributed by atoms with Gasteiger partial charge in [0.1, 0.15) is 5.00 Å². The van der Waals surface area contributed by atoms with Gasteiger partial charge >= 0.3 is 0 Å². The number of anilines is 1. The fourth-order valence-electron chi connectivity index (χ4n) is 1.11. The minimum Gasteiger partial charge on any atom is -0.366 e. The zero-order valence-corrected chi connectivity index (χ0v) is 12.7. The molecule has 0 amide bonds. The van der Waals surface area contributed by atoms with Gasteiger partial charge in [0.15, 0.2) is 5.11 Å². The minimum absolute atomic E-state index is 0.674. The molecule has 1 aromatic heterocycles. The van der Waals surface area contributed by atoms with Crippen LogP contribution in [0.1, 0.15) is 5.69 Å². The molecule has 1 aromatic rings. The maximum Gasteiger partial charge on any atom is 0.166 e. The van der Waals surface area contributed by atoms with E-state index in [0.717, 1.165) is 28.3 Å². The van der Waals surface area contributed by atoms with Gasteiger partial charge in [-0.1, -0.05) is 0 Å². The Labute approximate surface area is 114 Å². The summed E-state index contributed by atoms with van der Waals surface area (Å²) < 4.78 is 5.37. The third-order valence-corrected chi connectivity index (χ3v) is 4.70. The normalized spacial score (nSPS) is 10.0. The van der Waals surface area contributed by atoms with Crippen LogP contribution in [-0.4, -0.2) is 36.7 Å². The second-order valence-electron chi connectivity index (χ2n) is 3.31. The number of aromatic nitrogens is 1. The molecule has 1 rings (SSSR count). The summed E-state index contributed by atoms with van der Waals surface area (Å²) in [4.78, 5) is 2.15. The Morgan fingerprint density at radius 2 is 2.31 bits per heavy atom. The van der Waals surface area contributed by atoms with Gasteiger partial charge in [-0.15, -0.1) is 0 Å². The molecule has 0 unspecified atom stereocenters. The second-order valence-corrected chi connectivity index (χ2v) is 5.27. The first-order valence-corrected chi connectivity index (χ1v) is 6.82. The lowest BCUT2D eigenvalue weighted by molar-refractivity contribution is 0.817. The fraction of sp³-hybridized carbons (Fsp3) is 0.556. The lowest BCUT2D eigenvalue weighted by atomic mass is 10.4. The van der Waals surface area contributed by atoms with E-state index in [0.29, 0.717) is 5.11 Å². The summed E-state index contributed by atoms with van der Waals surface area (Å²) in [6, 6.07) is 0. The fourth-order valence-corrected chi connectivity index (χ4v) is 2.71. The summed E-state index contributed by atoms with van der Waals surface area (Å²) in [6.07, 6.45) is 0. The number of rotatable bonds is 4. The Morgan fingerprint density at radius 1 is 1.62 bits per heavy atom. The molecule has 0 aromatic carbocycles. The third-order valence-electron chi connectivity index (χ3n) is 2.08. The van der Waals surface area contributed by atoms with Crippen molar-refractivity contribution in [1.82, 2.24) is 15.0 Å². The molecule has 4 nitrogen and oxygen atoms in total. The van der Waals surface area contributed by atoms with Gasteiger partial charge in [-0.3, -0.25) is 0 Å². The summed E-state index contributed by atoms with van der Waals surface area (Å²) in [5, 5.41) is 7.81. The van der Waals surface area contributed by atoms with Crippen LogP contribution in [0.3, 0.4) is 0 Å². The van der Waals surface area contributed by atoms with Gasteiger partial charge in [0, 0.05) is 27.2 Å². The maximum atomic E-state index is 4.99. The first-order chi connectivity index (χ1) is 7.56. The van der Waals surface area contributed by atoms with Crippen molar-refractivity contribution >= 4 is 49.8 Å². The predicted octanol–water partition coefficient (Wildman–Crippen LogP) is 1.74. The van der Waals surface area contributed by atoms with Gasteiger partial charge in [0.05, 0.1) is 10.2 Å². The molecule has 0 atom stereocenters. The highest BCUT2D eigenvalue weighted by Gasteiger charge is 2.11. The lowest BCUT2D eigenvalue weighted by Gasteiger charge is -2.18. The molecule has 0 aliphatic carbocycles. The van der Waals surface area contributed by atoms with Crippen molar-refractivity contribution in [3.8, 4) is 0 Å². The van der Waals surface area contributed by atoms with Crippen molar-refractivity contribution in [3.63, 3.8) is 0 Å². The zero-order chi connectivity index (χ0) is 12.1. The molecule has 16 heavy (non-hydrogen) atoms. The van der Waals surface area contributed by atoms with Crippen LogP contribution >= 0.6 is 39.7 Å². The van der Waals surface area contributed by atoms with Gasteiger partial charge in [-0.25, -0.2) is 0 Å². The van der Waals surface area contributed by atoms with E-state index in [1.165, 1.54) is 11.5 Å². The van der Waals surface area contributed by atoms with Crippen LogP contribution in [0.15, 0.2) is 4.47 Å². The van der Waals surface area contributed by atoms with Crippen molar-refractivity contribution < 1.29 is 0 Å². The number of halogens is 1. The van der Waals surface area contributed by atoms with E-state index in [2.05, 4.69) is 35.8 Å². The molecule has 0 aliphatic heterocycles. The highest BCUT2D eigenvalue weighted by atomic mass is 79.9. The molecule has 0 saturated carbocycles. The van der Waals surface area contributed by atoms with Crippen LogP contribution in [-0.2, 0) is 0 Å². The first-order valence-electron chi connectivity index (χ1n) is 4.84. The molecule has 1 heterocycles. The van der Waals surface area contributed by atoms with Crippen LogP contribution in [0.5, 0.6) is 0 Å². The number of aryl methyl sites for hydroxylation is 1. The number of likely N-dealkylation sites (N-methyl/N-ethyl adjacent to an activating group) is 1. The Balaban J connectivity index is 2.44. The molecule has 0 saturated heterocycles. The Kier molecular flexibility index (Phi) is 5.43. The molecule has 0 bridgehead atoms. The first kappa shape index (κ1) is 13.7. The van der Waals surface area contributed by atoms with E-state index in [9.17, 15) is 0 Å². The summed E-state index contributed by atoms with van der Waals surface area (Å²) in [6.45, 7) is 3.67. The van der Waals surface area contributed by atoms with Crippen LogP contribution in [0.2, 0.25) is 0 Å². The van der Waals surface area contributed by atoms with Crippen LogP contribution in [0.4, 0.5) is 5.00 Å². The van der Waals surface area contributed by atoms with Gasteiger partial charge in [0.2, 0.25) is 0 Å². The van der Waals surface area contributed by atoms with Gasteiger partial charge < -0.3 is 15.5 Å². The van der Waals surface area contributed by atoms with Crippen molar-refractivity contribution in [2.24, 2.45) is 0 Å². The summed E-state index contributed by atoms with van der Waals surface area (Å²) in [5.41, 5.74) is 1.03. The number of hydrogen-bond acceptors (Lipinski definition) is 4. The highest BCUT2D eigenvalue weighted by molar-refractivity contribution is 9.10. The monoisotopic (exact) mass is 322 g/mol. The Bertz CT molecular complexity index is 366. The molecule has 7 heteroatoms. The molecule has 90 valence electrons. The maximum absolute atomic E-state index is 4.99. The lowest BCUT2D eigenvalue weighted by Crippen LogP contribution is -2.37. The van der Waals surface area contributed by atoms with Crippen LogP contribution < -0.4 is 15.5 Å². The van der Waals surface area contributed by atoms with Crippen molar-refractivity contribution in [2.75, 3.05) is 32.1 Å². The van der Waals surface area contributed by atoms with E-state index in [1.807, 2.05) is 21.0 Å². The smallest absolute Gasteiger partial charge is 0.166 e. The second kappa shape index (κ2) is 6.36. The van der Waals surface area contributed by atoms with E-state index in [-0.39, 0.29) is 0 Å². The zero-order valence-electron chi connectivity index (χ0n) is 9.50. The molecule has 0 fully saturated rings. The number of nitrogens with one attached hydrogen (secondary N) is 2. The van der Waals surface area contributed by atoms with E-state index in [4.69, 9.17) is 12.2 Å². The summed E-state index contributed by atoms with van der Waals surface area (Å²) >= 11 is 10.0. The Hall–Kier alpha value is -0.400. The number of nitrogens with zero attached hydrogens (tertiary/aromatic N) is 2. The van der Waals surface area contributed by atoms with Crippen molar-refractivity contribution in [1.29, 1.82) is 0 Å². The molecule has 0 spiro atoms. The number of hydrogen-bond donors (Lipinski definition) is 2. The topological polar surface area (TPSA) is 40.2 Å². The van der Waals surface area contributed by atoms with Crippen LogP contribution in [0.25, 0.3) is 0 Å². The largest absolute Gasteiger partial charge is 0.366 e. The quantitative estimate of drug-likeness (QED) is 0.826. The molecule has 0 radical (unpaired) electrons. The van der Waals surface area contributed by atoms with Gasteiger partial charge in [-0.2, -0.15) is 4.37 Å². The SMILES string of the molecule is CNC(=S)NCCN(C)c1snc(C)c1Br. The predicted molar refractivity (Wildman–Crippen MR) is 77.5 cm³/mol. The summed E-state index contributed by atoms with van der Waals surface area (Å²) in [5.74, 6) is 0. The number of thiocarbonyl (C=S) groups is 1. The van der Waals surface area contributed by atoms with E-state index >= 15 is 0 Å². The Morgan fingerprint density at radius 3 is 2.81 bits per heavy atom. The average Bonchev–Trinajstić information content (AvgIpc) is 2.59. The van der Waals surface area contributed by atoms with Crippen molar-refractivity contribution in [3.05, 3.63) is 10.2 Å². The third kappa shape index (κ3) is 3.57. The molecular weight excluding hydrogens is 308 g/mol. The standard InChI is InChI=1S/C9H15BrN4S2/c1-6-7(10)8(16-13-6)14(3)5-4-12-9(15)11-2/h4-5H2,1-3H3,(H2,11,12,15). The van der Waals surface area contributed by atoms with Gasteiger partial charge in [-0.05, 0) is 46.6 Å². The van der Waals surface area contributed by atoms with Crippen LogP contribution in [0, 0.1) is 6.92 Å². The summed E-state index contributed by atoms with van der Waals surface area (Å²) in [7, 11) is 3.85. The average molecular weight is 323 g/mol. The van der Waals surface area contributed by atoms with Gasteiger partial charge in [0.25, 0.3) is 0 Å².